The summed E-state index contributed by atoms with van der Waals surface area (Å²) >= 11 is 0. The summed E-state index contributed by atoms with van der Waals surface area (Å²) in [7, 11) is 0. The molecule has 0 unspecified atom stereocenters. The smallest absolute Gasteiger partial charge is 0.186 e. The van der Waals surface area contributed by atoms with Crippen molar-refractivity contribution in [2.75, 3.05) is 0 Å². The molecule has 0 amide bonds. The minimum absolute atomic E-state index is 0.0832. The zero-order valence-electron chi connectivity index (χ0n) is 9.68. The zero-order valence-corrected chi connectivity index (χ0v) is 9.68. The van der Waals surface area contributed by atoms with Crippen molar-refractivity contribution in [3.8, 4) is 0 Å². The van der Waals surface area contributed by atoms with Gasteiger partial charge in [0.15, 0.2) is 11.6 Å². The van der Waals surface area contributed by atoms with E-state index in [9.17, 15) is 9.59 Å². The van der Waals surface area contributed by atoms with Gasteiger partial charge in [0.25, 0.3) is 0 Å². The molecule has 0 bridgehead atoms. The van der Waals surface area contributed by atoms with Crippen molar-refractivity contribution in [3.63, 3.8) is 0 Å². The number of hydrogen-bond donors (Lipinski definition) is 0. The lowest BCUT2D eigenvalue weighted by atomic mass is 9.76. The van der Waals surface area contributed by atoms with Crippen LogP contribution >= 0.6 is 0 Å². The summed E-state index contributed by atoms with van der Waals surface area (Å²) in [5, 5.41) is 0. The lowest BCUT2D eigenvalue weighted by Crippen LogP contribution is -2.24. The quantitative estimate of drug-likeness (QED) is 0.615. The fraction of sp³-hybridized carbons (Fsp3) is 0.385. The van der Waals surface area contributed by atoms with Crippen LogP contribution in [0.2, 0.25) is 0 Å². The van der Waals surface area contributed by atoms with E-state index in [1.807, 2.05) is 20.8 Å². The maximum Gasteiger partial charge on any atom is 0.186 e. The highest BCUT2D eigenvalue weighted by Gasteiger charge is 2.31. The van der Waals surface area contributed by atoms with E-state index in [0.717, 1.165) is 0 Å². The summed E-state index contributed by atoms with van der Waals surface area (Å²) < 4.78 is 0. The molecule has 0 spiro atoms. The normalized spacial score (nSPS) is 17.3. The topological polar surface area (TPSA) is 34.1 Å². The first kappa shape index (κ1) is 11.6. The largest absolute Gasteiger partial charge is 0.290 e. The van der Waals surface area contributed by atoms with Crippen molar-refractivity contribution in [1.29, 1.82) is 0 Å². The summed E-state index contributed by atoms with van der Waals surface area (Å²) in [5.41, 5.74) is 1.38. The summed E-state index contributed by atoms with van der Waals surface area (Å²) in [4.78, 5) is 23.4. The van der Waals surface area contributed by atoms with Gasteiger partial charge >= 0.3 is 0 Å². The van der Waals surface area contributed by atoms with Crippen molar-refractivity contribution in [1.82, 2.24) is 0 Å². The first-order valence-corrected chi connectivity index (χ1v) is 4.92. The van der Waals surface area contributed by atoms with Gasteiger partial charge in [-0.3, -0.25) is 9.59 Å². The van der Waals surface area contributed by atoms with E-state index in [4.69, 9.17) is 0 Å². The molecule has 2 heteroatoms. The maximum absolute atomic E-state index is 11.8. The molecule has 0 saturated heterocycles. The Morgan fingerprint density at radius 1 is 1.13 bits per heavy atom. The Hall–Kier alpha value is -1.44. The van der Waals surface area contributed by atoms with Gasteiger partial charge in [0.1, 0.15) is 0 Å². The molecule has 0 atom stereocenters. The number of carbonyl (C=O) groups is 2. The molecule has 0 heterocycles. The third kappa shape index (κ3) is 2.14. The van der Waals surface area contributed by atoms with Crippen LogP contribution in [-0.4, -0.2) is 11.6 Å². The SMILES string of the molecule is C=C(C)C1=C(C(C)(C)C)C(=O)C=CC1=O. The second-order valence-electron chi connectivity index (χ2n) is 4.84. The van der Waals surface area contributed by atoms with Crippen LogP contribution in [0, 0.1) is 5.41 Å². The maximum atomic E-state index is 11.8. The Labute approximate surface area is 90.4 Å². The molecule has 0 aromatic carbocycles. The monoisotopic (exact) mass is 204 g/mol. The molecular weight excluding hydrogens is 188 g/mol. The van der Waals surface area contributed by atoms with E-state index in [2.05, 4.69) is 6.58 Å². The van der Waals surface area contributed by atoms with Crippen LogP contribution in [0.1, 0.15) is 27.7 Å². The van der Waals surface area contributed by atoms with Crippen molar-refractivity contribution in [2.45, 2.75) is 27.7 Å². The van der Waals surface area contributed by atoms with Crippen LogP contribution in [0.4, 0.5) is 0 Å². The second kappa shape index (κ2) is 3.61. The summed E-state index contributed by atoms with van der Waals surface area (Å²) in [6, 6.07) is 0. The van der Waals surface area contributed by atoms with E-state index in [-0.39, 0.29) is 17.0 Å². The highest BCUT2D eigenvalue weighted by atomic mass is 16.1. The molecule has 0 N–H and O–H groups in total. The molecule has 15 heavy (non-hydrogen) atoms. The average molecular weight is 204 g/mol. The van der Waals surface area contributed by atoms with Gasteiger partial charge in [0, 0.05) is 11.1 Å². The minimum Gasteiger partial charge on any atom is -0.290 e. The summed E-state index contributed by atoms with van der Waals surface area (Å²) in [5.74, 6) is -0.202. The standard InChI is InChI=1S/C13H16O2/c1-8(2)11-9(14)6-7-10(15)12(11)13(3,4)5/h6-7H,1H2,2-5H3. The predicted octanol–water partition coefficient (Wildman–Crippen LogP) is 2.61. The van der Waals surface area contributed by atoms with Crippen LogP contribution in [-0.2, 0) is 9.59 Å². The molecule has 1 aliphatic rings. The molecule has 2 nitrogen and oxygen atoms in total. The molecule has 0 aromatic heterocycles. The molecule has 80 valence electrons. The van der Waals surface area contributed by atoms with E-state index >= 15 is 0 Å². The first-order chi connectivity index (χ1) is 6.75. The van der Waals surface area contributed by atoms with Gasteiger partial charge in [-0.05, 0) is 30.1 Å². The first-order valence-electron chi connectivity index (χ1n) is 4.92. The summed E-state index contributed by atoms with van der Waals surface area (Å²) in [6.07, 6.45) is 2.66. The van der Waals surface area contributed by atoms with Gasteiger partial charge in [-0.1, -0.05) is 27.4 Å². The lowest BCUT2D eigenvalue weighted by Gasteiger charge is -2.26. The lowest BCUT2D eigenvalue weighted by molar-refractivity contribution is -0.115. The molecule has 0 radical (unpaired) electrons. The predicted molar refractivity (Wildman–Crippen MR) is 60.4 cm³/mol. The van der Waals surface area contributed by atoms with Crippen LogP contribution in [0.3, 0.4) is 0 Å². The average Bonchev–Trinajstić information content (AvgIpc) is 2.05. The van der Waals surface area contributed by atoms with Gasteiger partial charge in [-0.2, -0.15) is 0 Å². The van der Waals surface area contributed by atoms with Crippen molar-refractivity contribution in [2.24, 2.45) is 5.41 Å². The number of ketones is 2. The van der Waals surface area contributed by atoms with Gasteiger partial charge in [-0.15, -0.1) is 0 Å². The van der Waals surface area contributed by atoms with Gasteiger partial charge < -0.3 is 0 Å². The number of hydrogen-bond acceptors (Lipinski definition) is 2. The third-order valence-electron chi connectivity index (χ3n) is 2.31. The van der Waals surface area contributed by atoms with E-state index in [1.165, 1.54) is 12.2 Å². The minimum atomic E-state index is -0.328. The number of rotatable bonds is 1. The molecule has 1 rings (SSSR count). The van der Waals surface area contributed by atoms with Gasteiger partial charge in [0.05, 0.1) is 0 Å². The third-order valence-corrected chi connectivity index (χ3v) is 2.31. The van der Waals surface area contributed by atoms with Crippen LogP contribution < -0.4 is 0 Å². The van der Waals surface area contributed by atoms with Crippen LogP contribution in [0.5, 0.6) is 0 Å². The van der Waals surface area contributed by atoms with Crippen molar-refractivity contribution in [3.05, 3.63) is 35.5 Å². The van der Waals surface area contributed by atoms with E-state index in [1.54, 1.807) is 6.92 Å². The van der Waals surface area contributed by atoms with Crippen molar-refractivity contribution >= 4 is 11.6 Å². The van der Waals surface area contributed by atoms with E-state index < -0.39 is 0 Å². The Morgan fingerprint density at radius 3 is 1.93 bits per heavy atom. The second-order valence-corrected chi connectivity index (χ2v) is 4.84. The fourth-order valence-electron chi connectivity index (χ4n) is 1.73. The van der Waals surface area contributed by atoms with Crippen molar-refractivity contribution < 1.29 is 9.59 Å². The molecular formula is C13H16O2. The molecule has 0 aromatic rings. The van der Waals surface area contributed by atoms with Gasteiger partial charge in [-0.25, -0.2) is 0 Å². The van der Waals surface area contributed by atoms with Crippen LogP contribution in [0.15, 0.2) is 35.5 Å². The summed E-state index contributed by atoms with van der Waals surface area (Å²) in [6.45, 7) is 11.3. The molecule has 0 aliphatic heterocycles. The van der Waals surface area contributed by atoms with Crippen LogP contribution in [0.25, 0.3) is 0 Å². The Kier molecular flexibility index (Phi) is 2.80. The van der Waals surface area contributed by atoms with E-state index in [0.29, 0.717) is 16.7 Å². The van der Waals surface area contributed by atoms with Gasteiger partial charge in [0.2, 0.25) is 0 Å². The number of carbonyl (C=O) groups excluding carboxylic acids is 2. The molecule has 1 aliphatic carbocycles. The number of allylic oxidation sites excluding steroid dienone is 5. The Morgan fingerprint density at radius 2 is 1.60 bits per heavy atom. The molecule has 0 fully saturated rings. The Balaban J connectivity index is 3.46. The fourth-order valence-corrected chi connectivity index (χ4v) is 1.73. The Bertz CT molecular complexity index is 401. The highest BCUT2D eigenvalue weighted by molar-refractivity contribution is 6.22. The highest BCUT2D eigenvalue weighted by Crippen LogP contribution is 2.34. The zero-order chi connectivity index (χ0) is 11.8. The molecule has 0 saturated carbocycles.